The summed E-state index contributed by atoms with van der Waals surface area (Å²) in [4.78, 5) is 0. The number of benzene rings is 1. The Morgan fingerprint density at radius 2 is 2.37 bits per heavy atom. The first kappa shape index (κ1) is 12.2. The molecule has 100 valence electrons. The van der Waals surface area contributed by atoms with Gasteiger partial charge >= 0.3 is 0 Å². The molecule has 0 radical (unpaired) electrons. The Labute approximate surface area is 112 Å². The third kappa shape index (κ3) is 2.47. The average Bonchev–Trinajstić information content (AvgIpc) is 3.01. The number of aryl methyl sites for hydroxylation is 1. The van der Waals surface area contributed by atoms with Gasteiger partial charge in [-0.25, -0.2) is 0 Å². The van der Waals surface area contributed by atoms with Gasteiger partial charge in [0, 0.05) is 19.7 Å². The molecule has 1 aliphatic heterocycles. The van der Waals surface area contributed by atoms with E-state index < -0.39 is 0 Å². The maximum Gasteiger partial charge on any atom is 0.123 e. The number of hydrogen-bond acceptors (Lipinski definition) is 4. The Kier molecular flexibility index (Phi) is 3.23. The molecule has 5 heteroatoms. The summed E-state index contributed by atoms with van der Waals surface area (Å²) in [6.45, 7) is 0. The summed E-state index contributed by atoms with van der Waals surface area (Å²) in [5.41, 5.74) is 5.28. The average molecular weight is 258 g/mol. The highest BCUT2D eigenvalue weighted by molar-refractivity contribution is 5.37. The molecule has 3 N–H and O–H groups in total. The molecule has 0 amide bonds. The summed E-state index contributed by atoms with van der Waals surface area (Å²) in [7, 11) is 1.91. The van der Waals surface area contributed by atoms with E-state index >= 15 is 0 Å². The summed E-state index contributed by atoms with van der Waals surface area (Å²) in [5.74, 6) is 6.66. The zero-order valence-corrected chi connectivity index (χ0v) is 10.9. The molecule has 0 fully saturated rings. The highest BCUT2D eigenvalue weighted by Crippen LogP contribution is 2.30. The van der Waals surface area contributed by atoms with Crippen LogP contribution >= 0.6 is 0 Å². The molecule has 1 aromatic carbocycles. The van der Waals surface area contributed by atoms with Crippen molar-refractivity contribution in [1.82, 2.24) is 15.2 Å². The van der Waals surface area contributed by atoms with Crippen molar-refractivity contribution < 1.29 is 4.74 Å². The lowest BCUT2D eigenvalue weighted by molar-refractivity contribution is 0.177. The van der Waals surface area contributed by atoms with Gasteiger partial charge in [0.2, 0.25) is 0 Å². The number of para-hydroxylation sites is 1. The lowest BCUT2D eigenvalue weighted by atomic mass is 10.00. The molecule has 1 aliphatic rings. The minimum Gasteiger partial charge on any atom is -0.488 e. The van der Waals surface area contributed by atoms with E-state index in [1.54, 1.807) is 4.68 Å². The fourth-order valence-corrected chi connectivity index (χ4v) is 2.56. The van der Waals surface area contributed by atoms with Crippen LogP contribution in [0.25, 0.3) is 0 Å². The number of nitrogens with two attached hydrogens (primary N) is 1. The standard InChI is InChI=1S/C14H18N4O/c1-18-9-10(8-16-18)6-12(17-15)14-7-11-4-2-3-5-13(11)19-14/h2-5,8-9,12,14,17H,6-7,15H2,1H3. The van der Waals surface area contributed by atoms with E-state index in [-0.39, 0.29) is 12.1 Å². The second-order valence-electron chi connectivity index (χ2n) is 4.97. The minimum absolute atomic E-state index is 0.0719. The summed E-state index contributed by atoms with van der Waals surface area (Å²) < 4.78 is 7.77. The summed E-state index contributed by atoms with van der Waals surface area (Å²) in [5, 5.41) is 4.18. The number of aromatic nitrogens is 2. The van der Waals surface area contributed by atoms with E-state index in [9.17, 15) is 0 Å². The fraction of sp³-hybridized carbons (Fsp3) is 0.357. The van der Waals surface area contributed by atoms with Gasteiger partial charge in [0.05, 0.1) is 12.2 Å². The number of fused-ring (bicyclic) bond motifs is 1. The second-order valence-corrected chi connectivity index (χ2v) is 4.97. The van der Waals surface area contributed by atoms with E-state index in [4.69, 9.17) is 10.6 Å². The van der Waals surface area contributed by atoms with Crippen molar-refractivity contribution in [3.63, 3.8) is 0 Å². The highest BCUT2D eigenvalue weighted by Gasteiger charge is 2.29. The van der Waals surface area contributed by atoms with E-state index in [1.807, 2.05) is 37.6 Å². The number of hydrazine groups is 1. The summed E-state index contributed by atoms with van der Waals surface area (Å²) in [6, 6.07) is 8.22. The van der Waals surface area contributed by atoms with Gasteiger partial charge in [-0.05, 0) is 23.6 Å². The third-order valence-corrected chi connectivity index (χ3v) is 3.55. The molecule has 2 atom stereocenters. The molecule has 0 saturated carbocycles. The predicted octanol–water partition coefficient (Wildman–Crippen LogP) is 0.798. The van der Waals surface area contributed by atoms with E-state index in [0.29, 0.717) is 0 Å². The number of nitrogens with zero attached hydrogens (tertiary/aromatic N) is 2. The zero-order valence-electron chi connectivity index (χ0n) is 10.9. The van der Waals surface area contributed by atoms with Crippen LogP contribution in [0.5, 0.6) is 5.75 Å². The number of ether oxygens (including phenoxy) is 1. The van der Waals surface area contributed by atoms with Gasteiger partial charge in [-0.1, -0.05) is 18.2 Å². The lowest BCUT2D eigenvalue weighted by Gasteiger charge is -2.21. The van der Waals surface area contributed by atoms with Crippen LogP contribution in [0.1, 0.15) is 11.1 Å². The van der Waals surface area contributed by atoms with E-state index in [1.165, 1.54) is 5.56 Å². The molecule has 5 nitrogen and oxygen atoms in total. The maximum atomic E-state index is 5.97. The van der Waals surface area contributed by atoms with Crippen LogP contribution in [0, 0.1) is 0 Å². The second kappa shape index (κ2) is 5.03. The Morgan fingerprint density at radius 1 is 1.53 bits per heavy atom. The molecule has 2 unspecified atom stereocenters. The number of rotatable bonds is 4. The molecule has 0 bridgehead atoms. The Hall–Kier alpha value is -1.85. The van der Waals surface area contributed by atoms with Crippen LogP contribution in [0.2, 0.25) is 0 Å². The molecule has 2 aromatic rings. The van der Waals surface area contributed by atoms with Crippen LogP contribution < -0.4 is 16.0 Å². The van der Waals surface area contributed by atoms with Crippen molar-refractivity contribution >= 4 is 0 Å². The maximum absolute atomic E-state index is 5.97. The zero-order chi connectivity index (χ0) is 13.2. The lowest BCUT2D eigenvalue weighted by Crippen LogP contribution is -2.47. The first-order valence-corrected chi connectivity index (χ1v) is 6.44. The van der Waals surface area contributed by atoms with Crippen LogP contribution in [-0.4, -0.2) is 21.9 Å². The van der Waals surface area contributed by atoms with Gasteiger partial charge in [-0.2, -0.15) is 5.10 Å². The third-order valence-electron chi connectivity index (χ3n) is 3.55. The summed E-state index contributed by atoms with van der Waals surface area (Å²) in [6.07, 6.45) is 5.65. The van der Waals surface area contributed by atoms with Crippen molar-refractivity contribution in [3.05, 3.63) is 47.8 Å². The van der Waals surface area contributed by atoms with Gasteiger partial charge < -0.3 is 4.74 Å². The molecular formula is C14H18N4O. The van der Waals surface area contributed by atoms with Crippen molar-refractivity contribution in [2.45, 2.75) is 25.0 Å². The fourth-order valence-electron chi connectivity index (χ4n) is 2.56. The van der Waals surface area contributed by atoms with E-state index in [2.05, 4.69) is 16.6 Å². The summed E-state index contributed by atoms with van der Waals surface area (Å²) >= 11 is 0. The van der Waals surface area contributed by atoms with Gasteiger partial charge in [-0.15, -0.1) is 0 Å². The SMILES string of the molecule is Cn1cc(CC(NN)C2Cc3ccccc3O2)cn1. The molecule has 0 spiro atoms. The van der Waals surface area contributed by atoms with Crippen molar-refractivity contribution in [2.75, 3.05) is 0 Å². The molecule has 0 aliphatic carbocycles. The normalized spacial score (nSPS) is 18.9. The monoisotopic (exact) mass is 258 g/mol. The molecule has 1 aromatic heterocycles. The van der Waals surface area contributed by atoms with Crippen molar-refractivity contribution in [1.29, 1.82) is 0 Å². The first-order valence-electron chi connectivity index (χ1n) is 6.44. The molecule has 0 saturated heterocycles. The molecular weight excluding hydrogens is 240 g/mol. The smallest absolute Gasteiger partial charge is 0.123 e. The Morgan fingerprint density at radius 3 is 3.05 bits per heavy atom. The van der Waals surface area contributed by atoms with Crippen LogP contribution in [0.4, 0.5) is 0 Å². The topological polar surface area (TPSA) is 65.1 Å². The van der Waals surface area contributed by atoms with Crippen molar-refractivity contribution in [3.8, 4) is 5.75 Å². The Balaban J connectivity index is 1.71. The van der Waals surface area contributed by atoms with Gasteiger partial charge in [0.1, 0.15) is 11.9 Å². The predicted molar refractivity (Wildman–Crippen MR) is 72.6 cm³/mol. The highest BCUT2D eigenvalue weighted by atomic mass is 16.5. The number of hydrogen-bond donors (Lipinski definition) is 2. The van der Waals surface area contributed by atoms with Crippen LogP contribution in [-0.2, 0) is 19.9 Å². The number of nitrogens with one attached hydrogen (secondary N) is 1. The minimum atomic E-state index is 0.0719. The largest absolute Gasteiger partial charge is 0.488 e. The van der Waals surface area contributed by atoms with Gasteiger partial charge in [0.25, 0.3) is 0 Å². The van der Waals surface area contributed by atoms with Gasteiger partial charge in [-0.3, -0.25) is 16.0 Å². The molecule has 3 rings (SSSR count). The first-order chi connectivity index (χ1) is 9.26. The Bertz CT molecular complexity index is 541. The van der Waals surface area contributed by atoms with Gasteiger partial charge in [0.15, 0.2) is 0 Å². The molecule has 19 heavy (non-hydrogen) atoms. The van der Waals surface area contributed by atoms with E-state index in [0.717, 1.165) is 24.2 Å². The van der Waals surface area contributed by atoms with Crippen LogP contribution in [0.15, 0.2) is 36.7 Å². The van der Waals surface area contributed by atoms with Crippen molar-refractivity contribution in [2.24, 2.45) is 12.9 Å². The quantitative estimate of drug-likeness (QED) is 0.629. The van der Waals surface area contributed by atoms with Crippen LogP contribution in [0.3, 0.4) is 0 Å². The molecule has 2 heterocycles.